The standard InChI is InChI=1S/C23H25FN4O3S/c1-14-21-18(23(29)25-15-6-2-3-7-15)12-20(17-8-4-5-9-19(17)24)26-22(21)28(27-14)16-10-11-32(30,31)13-16/h4-5,8-9,12,15-16H,2-3,6-7,10-11,13H2,1H3,(H,25,29). The van der Waals surface area contributed by atoms with E-state index in [0.717, 1.165) is 25.7 Å². The summed E-state index contributed by atoms with van der Waals surface area (Å²) in [6, 6.07) is 7.68. The zero-order valence-electron chi connectivity index (χ0n) is 17.8. The summed E-state index contributed by atoms with van der Waals surface area (Å²) in [5.41, 5.74) is 2.03. The van der Waals surface area contributed by atoms with Crippen LogP contribution in [0.5, 0.6) is 0 Å². The molecule has 1 aliphatic heterocycles. The summed E-state index contributed by atoms with van der Waals surface area (Å²) in [6.07, 6.45) is 4.50. The second kappa shape index (κ2) is 7.95. The Labute approximate surface area is 186 Å². The van der Waals surface area contributed by atoms with Crippen molar-refractivity contribution in [3.05, 3.63) is 47.4 Å². The van der Waals surface area contributed by atoms with E-state index < -0.39 is 15.7 Å². The number of amides is 1. The maximum absolute atomic E-state index is 14.6. The van der Waals surface area contributed by atoms with Crippen molar-refractivity contribution in [2.45, 2.75) is 51.1 Å². The largest absolute Gasteiger partial charge is 0.349 e. The van der Waals surface area contributed by atoms with Gasteiger partial charge in [0.15, 0.2) is 15.5 Å². The van der Waals surface area contributed by atoms with Gasteiger partial charge in [0.05, 0.1) is 39.9 Å². The summed E-state index contributed by atoms with van der Waals surface area (Å²) >= 11 is 0. The molecule has 1 saturated carbocycles. The minimum Gasteiger partial charge on any atom is -0.349 e. The Bertz CT molecular complexity index is 1310. The molecule has 3 aromatic rings. The average Bonchev–Trinajstić information content (AvgIpc) is 3.47. The van der Waals surface area contributed by atoms with Gasteiger partial charge in [0.2, 0.25) is 0 Å². The zero-order chi connectivity index (χ0) is 22.5. The number of nitrogens with zero attached hydrogens (tertiary/aromatic N) is 3. The van der Waals surface area contributed by atoms with Gasteiger partial charge < -0.3 is 5.32 Å². The van der Waals surface area contributed by atoms with Crippen LogP contribution in [0.25, 0.3) is 22.3 Å². The van der Waals surface area contributed by atoms with Crippen molar-refractivity contribution < 1.29 is 17.6 Å². The molecule has 1 atom stereocenters. The van der Waals surface area contributed by atoms with Crippen molar-refractivity contribution in [3.8, 4) is 11.3 Å². The number of sulfone groups is 1. The van der Waals surface area contributed by atoms with E-state index in [0.29, 0.717) is 34.4 Å². The number of nitrogens with one attached hydrogen (secondary N) is 1. The number of benzene rings is 1. The van der Waals surface area contributed by atoms with E-state index in [9.17, 15) is 17.6 Å². The molecule has 2 aromatic heterocycles. The second-order valence-electron chi connectivity index (χ2n) is 8.78. The highest BCUT2D eigenvalue weighted by Crippen LogP contribution is 2.33. The van der Waals surface area contributed by atoms with Crippen LogP contribution in [0.1, 0.15) is 54.2 Å². The quantitative estimate of drug-likeness (QED) is 0.648. The number of carbonyl (C=O) groups is 1. The average molecular weight is 457 g/mol. The number of carbonyl (C=O) groups excluding carboxylic acids is 1. The molecule has 2 fully saturated rings. The minimum absolute atomic E-state index is 0.0154. The monoisotopic (exact) mass is 456 g/mol. The summed E-state index contributed by atoms with van der Waals surface area (Å²) in [7, 11) is -3.14. The lowest BCUT2D eigenvalue weighted by atomic mass is 10.0. The van der Waals surface area contributed by atoms with Gasteiger partial charge in [-0.1, -0.05) is 25.0 Å². The highest BCUT2D eigenvalue weighted by molar-refractivity contribution is 7.91. The lowest BCUT2D eigenvalue weighted by molar-refractivity contribution is 0.0939. The molecule has 1 amide bonds. The van der Waals surface area contributed by atoms with Crippen LogP contribution < -0.4 is 5.32 Å². The number of hydrogen-bond acceptors (Lipinski definition) is 5. The molecule has 0 bridgehead atoms. The van der Waals surface area contributed by atoms with Crippen molar-refractivity contribution in [2.75, 3.05) is 11.5 Å². The van der Waals surface area contributed by atoms with E-state index in [-0.39, 0.29) is 35.1 Å². The minimum atomic E-state index is -3.14. The van der Waals surface area contributed by atoms with Crippen molar-refractivity contribution in [3.63, 3.8) is 0 Å². The summed E-state index contributed by atoms with van der Waals surface area (Å²) in [5, 5.41) is 8.28. The Morgan fingerprint density at radius 1 is 1.19 bits per heavy atom. The normalized spacial score (nSPS) is 20.8. The first kappa shape index (κ1) is 21.1. The Kier molecular flexibility index (Phi) is 5.23. The topological polar surface area (TPSA) is 93.9 Å². The van der Waals surface area contributed by atoms with Gasteiger partial charge in [-0.25, -0.2) is 22.5 Å². The van der Waals surface area contributed by atoms with Crippen LogP contribution >= 0.6 is 0 Å². The van der Waals surface area contributed by atoms with E-state index in [4.69, 9.17) is 0 Å². The van der Waals surface area contributed by atoms with Crippen LogP contribution in [-0.2, 0) is 9.84 Å². The maximum atomic E-state index is 14.6. The molecule has 3 heterocycles. The van der Waals surface area contributed by atoms with Crippen molar-refractivity contribution in [1.82, 2.24) is 20.1 Å². The van der Waals surface area contributed by atoms with E-state index in [1.54, 1.807) is 35.9 Å². The fourth-order valence-electron chi connectivity index (χ4n) is 4.86. The molecule has 0 radical (unpaired) electrons. The number of rotatable bonds is 4. The molecule has 1 saturated heterocycles. The second-order valence-corrected chi connectivity index (χ2v) is 11.0. The molecule has 1 aromatic carbocycles. The molecule has 1 aliphatic carbocycles. The van der Waals surface area contributed by atoms with Gasteiger partial charge in [-0.3, -0.25) is 4.79 Å². The van der Waals surface area contributed by atoms with E-state index >= 15 is 0 Å². The molecule has 5 rings (SSSR count). The SMILES string of the molecule is Cc1nn(C2CCS(=O)(=O)C2)c2nc(-c3ccccc3F)cc(C(=O)NC3CCCC3)c12. The molecule has 2 aliphatic rings. The zero-order valence-corrected chi connectivity index (χ0v) is 18.7. The van der Waals surface area contributed by atoms with Gasteiger partial charge in [-0.05, 0) is 44.4 Å². The van der Waals surface area contributed by atoms with Gasteiger partial charge >= 0.3 is 0 Å². The Morgan fingerprint density at radius 3 is 2.62 bits per heavy atom. The number of halogens is 1. The third-order valence-corrected chi connectivity index (χ3v) is 8.23. The fraction of sp³-hybridized carbons (Fsp3) is 0.435. The van der Waals surface area contributed by atoms with Crippen LogP contribution in [0.4, 0.5) is 4.39 Å². The number of pyridine rings is 1. The Balaban J connectivity index is 1.68. The van der Waals surface area contributed by atoms with Crippen LogP contribution in [-0.4, -0.2) is 46.6 Å². The summed E-state index contributed by atoms with van der Waals surface area (Å²) in [6.45, 7) is 1.79. The molecule has 1 unspecified atom stereocenters. The number of fused-ring (bicyclic) bond motifs is 1. The maximum Gasteiger partial charge on any atom is 0.252 e. The van der Waals surface area contributed by atoms with Crippen molar-refractivity contribution >= 4 is 26.8 Å². The van der Waals surface area contributed by atoms with Gasteiger partial charge in [0.1, 0.15) is 5.82 Å². The third kappa shape index (κ3) is 3.79. The first-order chi connectivity index (χ1) is 15.3. The first-order valence-corrected chi connectivity index (χ1v) is 12.8. The van der Waals surface area contributed by atoms with Crippen molar-refractivity contribution in [2.24, 2.45) is 0 Å². The summed E-state index contributed by atoms with van der Waals surface area (Å²) in [5.74, 6) is -0.588. The molecule has 9 heteroatoms. The van der Waals surface area contributed by atoms with E-state index in [1.807, 2.05) is 0 Å². The summed E-state index contributed by atoms with van der Waals surface area (Å²) < 4.78 is 40.4. The van der Waals surface area contributed by atoms with Gasteiger partial charge in [0, 0.05) is 11.6 Å². The Morgan fingerprint density at radius 2 is 1.94 bits per heavy atom. The highest BCUT2D eigenvalue weighted by Gasteiger charge is 2.33. The number of aryl methyl sites for hydroxylation is 1. The predicted octanol–water partition coefficient (Wildman–Crippen LogP) is 3.58. The van der Waals surface area contributed by atoms with Crippen LogP contribution in [0.2, 0.25) is 0 Å². The molecule has 0 spiro atoms. The Hall–Kier alpha value is -2.81. The molecule has 32 heavy (non-hydrogen) atoms. The van der Waals surface area contributed by atoms with Crippen LogP contribution in [0, 0.1) is 12.7 Å². The lowest BCUT2D eigenvalue weighted by Gasteiger charge is -2.15. The van der Waals surface area contributed by atoms with Crippen LogP contribution in [0.3, 0.4) is 0 Å². The fourth-order valence-corrected chi connectivity index (χ4v) is 6.55. The van der Waals surface area contributed by atoms with Gasteiger partial charge in [-0.2, -0.15) is 5.10 Å². The smallest absolute Gasteiger partial charge is 0.252 e. The van der Waals surface area contributed by atoms with E-state index in [2.05, 4.69) is 15.4 Å². The van der Waals surface area contributed by atoms with E-state index in [1.165, 1.54) is 6.07 Å². The first-order valence-electron chi connectivity index (χ1n) is 11.0. The molecule has 7 nitrogen and oxygen atoms in total. The molecule has 168 valence electrons. The van der Waals surface area contributed by atoms with Crippen LogP contribution in [0.15, 0.2) is 30.3 Å². The third-order valence-electron chi connectivity index (χ3n) is 6.48. The van der Waals surface area contributed by atoms with Gasteiger partial charge in [0.25, 0.3) is 5.91 Å². The molecular formula is C23H25FN4O3S. The number of hydrogen-bond donors (Lipinski definition) is 1. The highest BCUT2D eigenvalue weighted by atomic mass is 32.2. The van der Waals surface area contributed by atoms with Gasteiger partial charge in [-0.15, -0.1) is 0 Å². The number of aromatic nitrogens is 3. The summed E-state index contributed by atoms with van der Waals surface area (Å²) in [4.78, 5) is 18.0. The molecule has 1 N–H and O–H groups in total. The molecular weight excluding hydrogens is 431 g/mol. The predicted molar refractivity (Wildman–Crippen MR) is 120 cm³/mol. The lowest BCUT2D eigenvalue weighted by Crippen LogP contribution is -2.32. The van der Waals surface area contributed by atoms with Crippen molar-refractivity contribution in [1.29, 1.82) is 0 Å².